The smallest absolute Gasteiger partial charge is 0.119 e. The molecular weight excluding hydrogens is 252 g/mol. The zero-order chi connectivity index (χ0) is 13.9. The fourth-order valence-electron chi connectivity index (χ4n) is 3.56. The molecule has 0 radical (unpaired) electrons. The van der Waals surface area contributed by atoms with Crippen molar-refractivity contribution >= 4 is 0 Å². The summed E-state index contributed by atoms with van der Waals surface area (Å²) >= 11 is 0. The van der Waals surface area contributed by atoms with Crippen molar-refractivity contribution in [2.45, 2.75) is 24.9 Å². The van der Waals surface area contributed by atoms with Crippen molar-refractivity contribution in [3.05, 3.63) is 29.3 Å². The number of likely N-dealkylation sites (N-methyl/N-ethyl adjacent to an activating group) is 1. The second-order valence-corrected chi connectivity index (χ2v) is 5.59. The Morgan fingerprint density at radius 2 is 2.10 bits per heavy atom. The minimum Gasteiger partial charge on any atom is -0.497 e. The van der Waals surface area contributed by atoms with E-state index >= 15 is 0 Å². The van der Waals surface area contributed by atoms with E-state index in [9.17, 15) is 0 Å². The Morgan fingerprint density at radius 3 is 2.80 bits per heavy atom. The molecule has 20 heavy (non-hydrogen) atoms. The molecule has 0 spiro atoms. The molecule has 1 aromatic carbocycles. The van der Waals surface area contributed by atoms with Crippen LogP contribution in [0.2, 0.25) is 0 Å². The van der Waals surface area contributed by atoms with Gasteiger partial charge in [0.2, 0.25) is 0 Å². The normalized spacial score (nSPS) is 27.1. The molecule has 4 nitrogen and oxygen atoms in total. The van der Waals surface area contributed by atoms with Crippen molar-refractivity contribution < 1.29 is 9.47 Å². The molecule has 0 saturated carbocycles. The van der Waals surface area contributed by atoms with Crippen LogP contribution in [-0.4, -0.2) is 51.4 Å². The summed E-state index contributed by atoms with van der Waals surface area (Å²) in [4.78, 5) is 2.58. The van der Waals surface area contributed by atoms with Gasteiger partial charge < -0.3 is 14.8 Å². The van der Waals surface area contributed by atoms with E-state index in [0.717, 1.165) is 38.5 Å². The number of nitrogens with one attached hydrogen (secondary N) is 1. The van der Waals surface area contributed by atoms with Crippen LogP contribution in [0.1, 0.15) is 23.6 Å². The number of hydrogen-bond donors (Lipinski definition) is 1. The summed E-state index contributed by atoms with van der Waals surface area (Å²) in [7, 11) is 3.80. The van der Waals surface area contributed by atoms with Crippen LogP contribution >= 0.6 is 0 Å². The van der Waals surface area contributed by atoms with Crippen molar-refractivity contribution in [1.29, 1.82) is 0 Å². The lowest BCUT2D eigenvalue weighted by Gasteiger charge is -2.42. The molecule has 2 unspecified atom stereocenters. The Balaban J connectivity index is 1.85. The summed E-state index contributed by atoms with van der Waals surface area (Å²) in [6.07, 6.45) is 2.33. The first kappa shape index (κ1) is 13.9. The molecule has 1 saturated heterocycles. The molecule has 0 bridgehead atoms. The van der Waals surface area contributed by atoms with E-state index in [1.165, 1.54) is 17.5 Å². The number of methoxy groups -OCH3 is 1. The number of nitrogens with zero attached hydrogens (tertiary/aromatic N) is 1. The maximum Gasteiger partial charge on any atom is 0.119 e. The molecule has 4 heteroatoms. The summed E-state index contributed by atoms with van der Waals surface area (Å²) in [5, 5.41) is 3.52. The number of benzene rings is 1. The summed E-state index contributed by atoms with van der Waals surface area (Å²) in [6, 6.07) is 7.47. The average molecular weight is 276 g/mol. The van der Waals surface area contributed by atoms with Crippen molar-refractivity contribution in [1.82, 2.24) is 10.2 Å². The number of ether oxygens (including phenoxy) is 2. The van der Waals surface area contributed by atoms with Crippen LogP contribution in [0.5, 0.6) is 5.75 Å². The zero-order valence-electron chi connectivity index (χ0n) is 12.4. The summed E-state index contributed by atoms with van der Waals surface area (Å²) < 4.78 is 10.8. The Hall–Kier alpha value is -1.10. The molecular formula is C16H24N2O2. The van der Waals surface area contributed by atoms with Crippen molar-refractivity contribution in [2.75, 3.05) is 40.5 Å². The van der Waals surface area contributed by atoms with E-state index < -0.39 is 0 Å². The number of morpholine rings is 1. The predicted molar refractivity (Wildman–Crippen MR) is 79.3 cm³/mol. The Bertz CT molecular complexity index is 458. The lowest BCUT2D eigenvalue weighted by atomic mass is 9.83. The highest BCUT2D eigenvalue weighted by Gasteiger charge is 2.33. The summed E-state index contributed by atoms with van der Waals surface area (Å²) in [6.45, 7) is 3.83. The first-order valence-corrected chi connectivity index (χ1v) is 7.49. The second-order valence-electron chi connectivity index (χ2n) is 5.59. The van der Waals surface area contributed by atoms with Gasteiger partial charge in [-0.3, -0.25) is 4.90 Å². The first-order chi connectivity index (χ1) is 9.83. The van der Waals surface area contributed by atoms with Gasteiger partial charge in [0.1, 0.15) is 5.75 Å². The van der Waals surface area contributed by atoms with Crippen LogP contribution in [0.25, 0.3) is 0 Å². The molecule has 110 valence electrons. The van der Waals surface area contributed by atoms with Crippen LogP contribution < -0.4 is 10.1 Å². The van der Waals surface area contributed by atoms with E-state index in [0.29, 0.717) is 12.1 Å². The Labute approximate surface area is 121 Å². The molecule has 2 aliphatic rings. The molecule has 1 N–H and O–H groups in total. The third-order valence-corrected chi connectivity index (χ3v) is 4.61. The predicted octanol–water partition coefficient (Wildman–Crippen LogP) is 1.60. The van der Waals surface area contributed by atoms with Gasteiger partial charge >= 0.3 is 0 Å². The van der Waals surface area contributed by atoms with Crippen LogP contribution in [0.4, 0.5) is 0 Å². The highest BCUT2D eigenvalue weighted by atomic mass is 16.5. The molecule has 1 heterocycles. The zero-order valence-corrected chi connectivity index (χ0v) is 12.4. The monoisotopic (exact) mass is 276 g/mol. The summed E-state index contributed by atoms with van der Waals surface area (Å²) in [5.74, 6) is 0.962. The van der Waals surface area contributed by atoms with Gasteiger partial charge in [0, 0.05) is 25.2 Å². The Kier molecular flexibility index (Phi) is 4.24. The largest absolute Gasteiger partial charge is 0.497 e. The molecule has 0 amide bonds. The van der Waals surface area contributed by atoms with Gasteiger partial charge in [-0.2, -0.15) is 0 Å². The molecule has 0 aromatic heterocycles. The fourth-order valence-corrected chi connectivity index (χ4v) is 3.56. The second kappa shape index (κ2) is 6.12. The topological polar surface area (TPSA) is 33.7 Å². The van der Waals surface area contributed by atoms with Gasteiger partial charge in [-0.1, -0.05) is 6.07 Å². The maximum absolute atomic E-state index is 5.48. The SMILES string of the molecule is CNC1c2ccc(OC)cc2CCC1N1CCOCC1. The lowest BCUT2D eigenvalue weighted by molar-refractivity contribution is 0.00450. The quantitative estimate of drug-likeness (QED) is 0.909. The minimum atomic E-state index is 0.405. The van der Waals surface area contributed by atoms with E-state index in [2.05, 4.69) is 35.5 Å². The third-order valence-electron chi connectivity index (χ3n) is 4.61. The van der Waals surface area contributed by atoms with Crippen LogP contribution in [-0.2, 0) is 11.2 Å². The van der Waals surface area contributed by atoms with Gasteiger partial charge in [-0.25, -0.2) is 0 Å². The Morgan fingerprint density at radius 1 is 1.30 bits per heavy atom. The van der Waals surface area contributed by atoms with Gasteiger partial charge in [0.05, 0.1) is 20.3 Å². The average Bonchev–Trinajstić information content (AvgIpc) is 2.53. The van der Waals surface area contributed by atoms with Crippen molar-refractivity contribution in [3.8, 4) is 5.75 Å². The lowest BCUT2D eigenvalue weighted by Crippen LogP contribution is -2.50. The van der Waals surface area contributed by atoms with Crippen molar-refractivity contribution in [3.63, 3.8) is 0 Å². The number of hydrogen-bond acceptors (Lipinski definition) is 4. The highest BCUT2D eigenvalue weighted by Crippen LogP contribution is 2.35. The van der Waals surface area contributed by atoms with Gasteiger partial charge in [-0.05, 0) is 43.1 Å². The van der Waals surface area contributed by atoms with Crippen LogP contribution in [0.3, 0.4) is 0 Å². The molecule has 1 fully saturated rings. The van der Waals surface area contributed by atoms with E-state index in [4.69, 9.17) is 9.47 Å². The number of fused-ring (bicyclic) bond motifs is 1. The highest BCUT2D eigenvalue weighted by molar-refractivity contribution is 5.40. The number of aryl methyl sites for hydroxylation is 1. The van der Waals surface area contributed by atoms with Gasteiger partial charge in [0.15, 0.2) is 0 Å². The molecule has 2 atom stereocenters. The molecule has 1 aliphatic heterocycles. The number of rotatable bonds is 3. The van der Waals surface area contributed by atoms with Gasteiger partial charge in [0.25, 0.3) is 0 Å². The van der Waals surface area contributed by atoms with E-state index in [1.807, 2.05) is 0 Å². The van der Waals surface area contributed by atoms with Crippen LogP contribution in [0, 0.1) is 0 Å². The maximum atomic E-state index is 5.48. The van der Waals surface area contributed by atoms with E-state index in [-0.39, 0.29) is 0 Å². The third kappa shape index (κ3) is 2.55. The van der Waals surface area contributed by atoms with Gasteiger partial charge in [-0.15, -0.1) is 0 Å². The van der Waals surface area contributed by atoms with E-state index in [1.54, 1.807) is 7.11 Å². The van der Waals surface area contributed by atoms with Crippen molar-refractivity contribution in [2.24, 2.45) is 0 Å². The minimum absolute atomic E-state index is 0.405. The summed E-state index contributed by atoms with van der Waals surface area (Å²) in [5.41, 5.74) is 2.85. The first-order valence-electron chi connectivity index (χ1n) is 7.49. The molecule has 1 aliphatic carbocycles. The molecule has 1 aromatic rings. The van der Waals surface area contributed by atoms with Crippen LogP contribution in [0.15, 0.2) is 18.2 Å². The standard InChI is InChI=1S/C16H24N2O2/c1-17-16-14-5-4-13(19-2)11-12(14)3-6-15(16)18-7-9-20-10-8-18/h4-5,11,15-17H,3,6-10H2,1-2H3. The fraction of sp³-hybridized carbons (Fsp3) is 0.625. The molecule has 3 rings (SSSR count).